The fourth-order valence-electron chi connectivity index (χ4n) is 2.82. The summed E-state index contributed by atoms with van der Waals surface area (Å²) in [6.07, 6.45) is 4.70. The molecule has 0 bridgehead atoms. The average Bonchev–Trinajstić information content (AvgIpc) is 2.86. The molecule has 1 aliphatic carbocycles. The van der Waals surface area contributed by atoms with Gasteiger partial charge in [0.2, 0.25) is 5.92 Å². The molecule has 3 nitrogen and oxygen atoms in total. The van der Waals surface area contributed by atoms with Crippen LogP contribution in [0.25, 0.3) is 0 Å². The van der Waals surface area contributed by atoms with E-state index in [1.165, 1.54) is 0 Å². The summed E-state index contributed by atoms with van der Waals surface area (Å²) in [7, 11) is 0. The Bertz CT molecular complexity index is 421. The number of nitrogens with zero attached hydrogens (tertiary/aromatic N) is 2. The molecule has 1 aliphatic rings. The molecule has 1 aromatic rings. The molecule has 1 saturated carbocycles. The van der Waals surface area contributed by atoms with Gasteiger partial charge in [0.25, 0.3) is 0 Å². The van der Waals surface area contributed by atoms with Crippen molar-refractivity contribution >= 4 is 0 Å². The topological polar surface area (TPSA) is 43.8 Å². The van der Waals surface area contributed by atoms with Crippen LogP contribution in [0.15, 0.2) is 12.3 Å². The lowest BCUT2D eigenvalue weighted by Crippen LogP contribution is -2.37. The van der Waals surface area contributed by atoms with Gasteiger partial charge in [0.15, 0.2) is 0 Å². The molecule has 2 atom stereocenters. The number of nitrogens with two attached hydrogens (primary N) is 1. The third kappa shape index (κ3) is 3.78. The molecule has 0 aliphatic heterocycles. The number of halogens is 2. The maximum Gasteiger partial charge on any atom is 0.248 e. The molecule has 0 saturated heterocycles. The first-order valence-corrected chi connectivity index (χ1v) is 7.58. The summed E-state index contributed by atoms with van der Waals surface area (Å²) in [4.78, 5) is 0. The summed E-state index contributed by atoms with van der Waals surface area (Å²) < 4.78 is 28.2. The Morgan fingerprint density at radius 2 is 2.10 bits per heavy atom. The summed E-state index contributed by atoms with van der Waals surface area (Å²) in [5, 5.41) is 4.53. The number of hydrogen-bond donors (Lipinski definition) is 1. The quantitative estimate of drug-likeness (QED) is 0.899. The van der Waals surface area contributed by atoms with E-state index < -0.39 is 5.92 Å². The van der Waals surface area contributed by atoms with Gasteiger partial charge < -0.3 is 5.73 Å². The van der Waals surface area contributed by atoms with E-state index >= 15 is 0 Å². The summed E-state index contributed by atoms with van der Waals surface area (Å²) >= 11 is 0. The van der Waals surface area contributed by atoms with Crippen molar-refractivity contribution in [1.82, 2.24) is 9.78 Å². The van der Waals surface area contributed by atoms with Gasteiger partial charge in [-0.05, 0) is 38.2 Å². The lowest BCUT2D eigenvalue weighted by atomic mass is 9.81. The standard InChI is InChI=1S/C15H25F2N3/c1-3-11(2)20-9-6-13(19-20)10-14(18)12-4-7-15(16,17)8-5-12/h6,9,11-12,14H,3-5,7-8,10,18H2,1-2H3. The second-order valence-electron chi connectivity index (χ2n) is 6.11. The minimum atomic E-state index is -2.48. The van der Waals surface area contributed by atoms with Crippen LogP contribution in [-0.4, -0.2) is 21.7 Å². The van der Waals surface area contributed by atoms with E-state index in [0.29, 0.717) is 25.3 Å². The second-order valence-corrected chi connectivity index (χ2v) is 6.11. The first kappa shape index (κ1) is 15.4. The molecule has 20 heavy (non-hydrogen) atoms. The third-order valence-corrected chi connectivity index (χ3v) is 4.52. The van der Waals surface area contributed by atoms with Crippen LogP contribution in [0.5, 0.6) is 0 Å². The van der Waals surface area contributed by atoms with Gasteiger partial charge in [0, 0.05) is 37.5 Å². The lowest BCUT2D eigenvalue weighted by molar-refractivity contribution is -0.0481. The fourth-order valence-corrected chi connectivity index (χ4v) is 2.82. The first-order valence-electron chi connectivity index (χ1n) is 7.58. The molecule has 0 spiro atoms. The number of rotatable bonds is 5. The predicted octanol–water partition coefficient (Wildman–Crippen LogP) is 3.55. The van der Waals surface area contributed by atoms with Crippen molar-refractivity contribution in [2.24, 2.45) is 11.7 Å². The minimum Gasteiger partial charge on any atom is -0.327 e. The summed E-state index contributed by atoms with van der Waals surface area (Å²) in [5.74, 6) is -2.28. The Balaban J connectivity index is 1.88. The zero-order valence-electron chi connectivity index (χ0n) is 12.4. The van der Waals surface area contributed by atoms with Crippen LogP contribution in [-0.2, 0) is 6.42 Å². The van der Waals surface area contributed by atoms with E-state index in [4.69, 9.17) is 5.73 Å². The monoisotopic (exact) mass is 285 g/mol. The molecule has 2 N–H and O–H groups in total. The van der Waals surface area contributed by atoms with Crippen molar-refractivity contribution in [2.45, 2.75) is 70.4 Å². The van der Waals surface area contributed by atoms with Gasteiger partial charge in [-0.2, -0.15) is 5.10 Å². The Hall–Kier alpha value is -0.970. The smallest absolute Gasteiger partial charge is 0.248 e. The fraction of sp³-hybridized carbons (Fsp3) is 0.800. The molecule has 2 rings (SSSR count). The Morgan fingerprint density at radius 1 is 1.45 bits per heavy atom. The normalized spacial score (nSPS) is 22.6. The van der Waals surface area contributed by atoms with Crippen molar-refractivity contribution in [2.75, 3.05) is 0 Å². The maximum atomic E-state index is 13.1. The van der Waals surface area contributed by atoms with E-state index in [2.05, 4.69) is 18.9 Å². The summed E-state index contributed by atoms with van der Waals surface area (Å²) in [6.45, 7) is 4.25. The van der Waals surface area contributed by atoms with Crippen LogP contribution < -0.4 is 5.73 Å². The number of hydrogen-bond acceptors (Lipinski definition) is 2. The van der Waals surface area contributed by atoms with Crippen LogP contribution >= 0.6 is 0 Å². The molecule has 114 valence electrons. The van der Waals surface area contributed by atoms with Crippen LogP contribution in [0.3, 0.4) is 0 Å². The van der Waals surface area contributed by atoms with Gasteiger partial charge in [-0.25, -0.2) is 8.78 Å². The lowest BCUT2D eigenvalue weighted by Gasteiger charge is -2.31. The van der Waals surface area contributed by atoms with Crippen LogP contribution in [0.2, 0.25) is 0 Å². The molecule has 1 heterocycles. The molecule has 2 unspecified atom stereocenters. The van der Waals surface area contributed by atoms with Crippen molar-refractivity contribution in [1.29, 1.82) is 0 Å². The maximum absolute atomic E-state index is 13.1. The third-order valence-electron chi connectivity index (χ3n) is 4.52. The average molecular weight is 285 g/mol. The molecule has 1 aromatic heterocycles. The minimum absolute atomic E-state index is 0.0212. The van der Waals surface area contributed by atoms with Crippen LogP contribution in [0.1, 0.15) is 57.7 Å². The first-order chi connectivity index (χ1) is 9.41. The molecular weight excluding hydrogens is 260 g/mol. The zero-order chi connectivity index (χ0) is 14.8. The van der Waals surface area contributed by atoms with Crippen molar-refractivity contribution < 1.29 is 8.78 Å². The van der Waals surface area contributed by atoms with Crippen LogP contribution in [0.4, 0.5) is 8.78 Å². The van der Waals surface area contributed by atoms with E-state index in [9.17, 15) is 8.78 Å². The molecule has 0 radical (unpaired) electrons. The SMILES string of the molecule is CCC(C)n1ccc(CC(N)C2CCC(F)(F)CC2)n1. The molecule has 1 fully saturated rings. The van der Waals surface area contributed by atoms with Gasteiger partial charge in [0.05, 0.1) is 5.69 Å². The van der Waals surface area contributed by atoms with Crippen LogP contribution in [0, 0.1) is 5.92 Å². The highest BCUT2D eigenvalue weighted by Crippen LogP contribution is 2.37. The van der Waals surface area contributed by atoms with Crippen molar-refractivity contribution in [3.63, 3.8) is 0 Å². The van der Waals surface area contributed by atoms with E-state index in [-0.39, 0.29) is 24.8 Å². The predicted molar refractivity (Wildman–Crippen MR) is 75.8 cm³/mol. The van der Waals surface area contributed by atoms with Gasteiger partial charge in [0.1, 0.15) is 0 Å². The molecule has 0 aromatic carbocycles. The Labute approximate surface area is 119 Å². The highest BCUT2D eigenvalue weighted by molar-refractivity contribution is 5.03. The summed E-state index contributed by atoms with van der Waals surface area (Å²) in [6, 6.07) is 2.31. The Morgan fingerprint density at radius 3 is 2.70 bits per heavy atom. The van der Waals surface area contributed by atoms with Gasteiger partial charge in [-0.1, -0.05) is 6.92 Å². The van der Waals surface area contributed by atoms with Crippen molar-refractivity contribution in [3.8, 4) is 0 Å². The van der Waals surface area contributed by atoms with E-state index in [0.717, 1.165) is 12.1 Å². The molecule has 0 amide bonds. The van der Waals surface area contributed by atoms with E-state index in [1.807, 2.05) is 16.9 Å². The number of aromatic nitrogens is 2. The zero-order valence-corrected chi connectivity index (χ0v) is 12.4. The molecular formula is C15H25F2N3. The van der Waals surface area contributed by atoms with E-state index in [1.54, 1.807) is 0 Å². The van der Waals surface area contributed by atoms with Gasteiger partial charge in [-0.15, -0.1) is 0 Å². The van der Waals surface area contributed by atoms with Crippen molar-refractivity contribution in [3.05, 3.63) is 18.0 Å². The summed E-state index contributed by atoms with van der Waals surface area (Å²) in [5.41, 5.74) is 7.16. The second kappa shape index (κ2) is 6.20. The highest BCUT2D eigenvalue weighted by atomic mass is 19.3. The van der Waals surface area contributed by atoms with Gasteiger partial charge >= 0.3 is 0 Å². The molecule has 5 heteroatoms. The van der Waals surface area contributed by atoms with Gasteiger partial charge in [-0.3, -0.25) is 4.68 Å². The Kier molecular flexibility index (Phi) is 4.78. The number of alkyl halides is 2. The highest BCUT2D eigenvalue weighted by Gasteiger charge is 2.36. The largest absolute Gasteiger partial charge is 0.327 e.